The van der Waals surface area contributed by atoms with E-state index in [-0.39, 0.29) is 25.1 Å². The van der Waals surface area contributed by atoms with Crippen molar-refractivity contribution in [3.8, 4) is 23.0 Å². The van der Waals surface area contributed by atoms with E-state index in [1.54, 1.807) is 21.3 Å². The van der Waals surface area contributed by atoms with Gasteiger partial charge in [-0.05, 0) is 59.4 Å². The predicted octanol–water partition coefficient (Wildman–Crippen LogP) is 4.52. The summed E-state index contributed by atoms with van der Waals surface area (Å²) in [6, 6.07) is 19.5. The van der Waals surface area contributed by atoms with Crippen molar-refractivity contribution in [2.75, 3.05) is 47.7 Å². The van der Waals surface area contributed by atoms with Crippen LogP contribution in [0.3, 0.4) is 0 Å². The van der Waals surface area contributed by atoms with E-state index in [0.717, 1.165) is 28.7 Å². The minimum Gasteiger partial charge on any atom is -0.493 e. The van der Waals surface area contributed by atoms with Crippen molar-refractivity contribution >= 4 is 5.91 Å². The van der Waals surface area contributed by atoms with Gasteiger partial charge in [-0.1, -0.05) is 36.4 Å². The largest absolute Gasteiger partial charge is 0.493 e. The van der Waals surface area contributed by atoms with Gasteiger partial charge >= 0.3 is 0 Å². The zero-order valence-electron chi connectivity index (χ0n) is 22.2. The van der Waals surface area contributed by atoms with Crippen molar-refractivity contribution in [2.24, 2.45) is 0 Å². The van der Waals surface area contributed by atoms with E-state index in [1.807, 2.05) is 60.7 Å². The van der Waals surface area contributed by atoms with Crippen molar-refractivity contribution < 1.29 is 28.1 Å². The summed E-state index contributed by atoms with van der Waals surface area (Å²) in [5.74, 6) is 2.34. The molecule has 1 heterocycles. The van der Waals surface area contributed by atoms with Gasteiger partial charge in [-0.25, -0.2) is 4.39 Å². The number of benzene rings is 3. The molecule has 1 aliphatic rings. The van der Waals surface area contributed by atoms with Crippen LogP contribution in [-0.2, 0) is 24.2 Å². The second-order valence-electron chi connectivity index (χ2n) is 9.13. The molecule has 1 unspecified atom stereocenters. The summed E-state index contributed by atoms with van der Waals surface area (Å²) in [4.78, 5) is 15.2. The maximum absolute atomic E-state index is 13.0. The van der Waals surface area contributed by atoms with Crippen LogP contribution < -0.4 is 24.3 Å². The monoisotopic (exact) mass is 522 g/mol. The predicted molar refractivity (Wildman–Crippen MR) is 144 cm³/mol. The Balaban J connectivity index is 1.61. The van der Waals surface area contributed by atoms with Crippen molar-refractivity contribution in [3.05, 3.63) is 82.9 Å². The summed E-state index contributed by atoms with van der Waals surface area (Å²) >= 11 is 0. The molecule has 1 atom stereocenters. The number of hydrogen-bond acceptors (Lipinski definition) is 6. The number of methoxy groups -OCH3 is 3. The third kappa shape index (κ3) is 6.55. The zero-order chi connectivity index (χ0) is 26.9. The smallest absolute Gasteiger partial charge is 0.234 e. The Bertz CT molecular complexity index is 1220. The molecular formula is C30H35FN2O5. The maximum Gasteiger partial charge on any atom is 0.234 e. The molecule has 1 aliphatic heterocycles. The van der Waals surface area contributed by atoms with Crippen LogP contribution in [0.4, 0.5) is 4.39 Å². The molecule has 0 saturated heterocycles. The molecule has 7 nitrogen and oxygen atoms in total. The van der Waals surface area contributed by atoms with Crippen LogP contribution in [0.25, 0.3) is 0 Å². The first-order valence-electron chi connectivity index (χ1n) is 12.7. The third-order valence-electron chi connectivity index (χ3n) is 6.78. The van der Waals surface area contributed by atoms with E-state index in [9.17, 15) is 9.18 Å². The molecule has 0 spiro atoms. The number of fused-ring (bicyclic) bond motifs is 1. The van der Waals surface area contributed by atoms with Gasteiger partial charge in [0, 0.05) is 19.1 Å². The van der Waals surface area contributed by atoms with E-state index in [0.29, 0.717) is 42.5 Å². The molecule has 0 fully saturated rings. The average Bonchev–Trinajstić information content (AvgIpc) is 2.96. The summed E-state index contributed by atoms with van der Waals surface area (Å²) in [6.07, 6.45) is 1.40. The van der Waals surface area contributed by atoms with E-state index >= 15 is 0 Å². The van der Waals surface area contributed by atoms with Gasteiger partial charge in [-0.2, -0.15) is 0 Å². The Morgan fingerprint density at radius 2 is 1.66 bits per heavy atom. The lowest BCUT2D eigenvalue weighted by atomic mass is 9.88. The molecule has 0 aromatic heterocycles. The van der Waals surface area contributed by atoms with Crippen LogP contribution in [0.5, 0.6) is 23.0 Å². The summed E-state index contributed by atoms with van der Waals surface area (Å²) < 4.78 is 34.9. The lowest BCUT2D eigenvalue weighted by molar-refractivity contribution is -0.123. The molecule has 3 aromatic rings. The van der Waals surface area contributed by atoms with E-state index in [1.165, 1.54) is 0 Å². The molecule has 0 bridgehead atoms. The number of halogens is 1. The summed E-state index contributed by atoms with van der Waals surface area (Å²) in [5, 5.41) is 3.05. The number of alkyl halides is 1. The Hall–Kier alpha value is -3.78. The molecule has 1 N–H and O–H groups in total. The summed E-state index contributed by atoms with van der Waals surface area (Å²) in [5.41, 5.74) is 4.29. The van der Waals surface area contributed by atoms with E-state index < -0.39 is 6.67 Å². The molecule has 0 radical (unpaired) electrons. The number of rotatable bonds is 12. The molecule has 0 aliphatic carbocycles. The highest BCUT2D eigenvalue weighted by atomic mass is 19.1. The Kier molecular flexibility index (Phi) is 9.43. The van der Waals surface area contributed by atoms with E-state index in [4.69, 9.17) is 18.9 Å². The fraction of sp³-hybridized carbons (Fsp3) is 0.367. The number of amides is 1. The van der Waals surface area contributed by atoms with Gasteiger partial charge < -0.3 is 24.3 Å². The van der Waals surface area contributed by atoms with Crippen molar-refractivity contribution in [1.29, 1.82) is 0 Å². The van der Waals surface area contributed by atoms with Crippen LogP contribution >= 0.6 is 0 Å². The van der Waals surface area contributed by atoms with Gasteiger partial charge in [0.25, 0.3) is 0 Å². The summed E-state index contributed by atoms with van der Waals surface area (Å²) in [7, 11) is 4.81. The van der Waals surface area contributed by atoms with Gasteiger partial charge in [-0.15, -0.1) is 0 Å². The number of carbonyl (C=O) groups excluding carboxylic acids is 1. The first-order chi connectivity index (χ1) is 18.6. The first-order valence-corrected chi connectivity index (χ1v) is 12.7. The normalized spacial score (nSPS) is 14.9. The number of carbonyl (C=O) groups is 1. The Morgan fingerprint density at radius 1 is 0.921 bits per heavy atom. The number of nitrogens with zero attached hydrogens (tertiary/aromatic N) is 1. The van der Waals surface area contributed by atoms with Gasteiger partial charge in [0.15, 0.2) is 23.0 Å². The van der Waals surface area contributed by atoms with Gasteiger partial charge in [0.1, 0.15) is 13.3 Å². The molecule has 1 amide bonds. The average molecular weight is 523 g/mol. The second kappa shape index (κ2) is 13.1. The highest BCUT2D eigenvalue weighted by Gasteiger charge is 2.31. The van der Waals surface area contributed by atoms with Gasteiger partial charge in [-0.3, -0.25) is 9.69 Å². The highest BCUT2D eigenvalue weighted by Crippen LogP contribution is 2.40. The van der Waals surface area contributed by atoms with Crippen molar-refractivity contribution in [1.82, 2.24) is 10.2 Å². The topological polar surface area (TPSA) is 69.3 Å². The lowest BCUT2D eigenvalue weighted by Gasteiger charge is -2.37. The van der Waals surface area contributed by atoms with Crippen molar-refractivity contribution in [2.45, 2.75) is 25.4 Å². The number of hydrogen-bond donors (Lipinski definition) is 1. The first kappa shape index (κ1) is 27.3. The fourth-order valence-electron chi connectivity index (χ4n) is 4.88. The van der Waals surface area contributed by atoms with Crippen LogP contribution in [0.2, 0.25) is 0 Å². The van der Waals surface area contributed by atoms with E-state index in [2.05, 4.69) is 10.2 Å². The highest BCUT2D eigenvalue weighted by molar-refractivity contribution is 5.78. The fourth-order valence-corrected chi connectivity index (χ4v) is 4.88. The van der Waals surface area contributed by atoms with Crippen LogP contribution in [-0.4, -0.2) is 58.5 Å². The summed E-state index contributed by atoms with van der Waals surface area (Å²) in [6.45, 7) is 0.821. The quantitative estimate of drug-likeness (QED) is 0.377. The number of ether oxygens (including phenoxy) is 4. The Labute approximate surface area is 223 Å². The van der Waals surface area contributed by atoms with Crippen LogP contribution in [0, 0.1) is 0 Å². The maximum atomic E-state index is 13.0. The van der Waals surface area contributed by atoms with Crippen LogP contribution in [0.1, 0.15) is 28.3 Å². The molecule has 38 heavy (non-hydrogen) atoms. The van der Waals surface area contributed by atoms with Crippen molar-refractivity contribution in [3.63, 3.8) is 0 Å². The lowest BCUT2D eigenvalue weighted by Crippen LogP contribution is -2.43. The van der Waals surface area contributed by atoms with Crippen LogP contribution in [0.15, 0.2) is 60.7 Å². The SMILES string of the molecule is COc1cc2c(cc1OC)C(Cc1ccc(OC)c(OCCF)c1)N(CC(=O)NCc1ccccc1)CC2. The van der Waals surface area contributed by atoms with Gasteiger partial charge in [0.05, 0.1) is 27.9 Å². The third-order valence-corrected chi connectivity index (χ3v) is 6.78. The standard InChI is InChI=1S/C30H35FN2O5/c1-35-26-10-9-22(16-29(26)38-14-12-31)15-25-24-18-28(37-3)27(36-2)17-23(24)11-13-33(25)20-30(34)32-19-21-7-5-4-6-8-21/h4-10,16-18,25H,11-15,19-20H2,1-3H3,(H,32,34). The molecule has 4 rings (SSSR count). The molecule has 8 heteroatoms. The minimum absolute atomic E-state index is 0.0375. The molecule has 202 valence electrons. The zero-order valence-corrected chi connectivity index (χ0v) is 22.2. The molecule has 0 saturated carbocycles. The van der Waals surface area contributed by atoms with Gasteiger partial charge in [0.2, 0.25) is 5.91 Å². The second-order valence-corrected chi connectivity index (χ2v) is 9.13. The molecule has 3 aromatic carbocycles. The molecular weight excluding hydrogens is 487 g/mol. The number of nitrogens with one attached hydrogen (secondary N) is 1. The minimum atomic E-state index is -0.586. The Morgan fingerprint density at radius 3 is 2.37 bits per heavy atom.